The first-order valence-corrected chi connectivity index (χ1v) is 13.4. The van der Waals surface area contributed by atoms with Gasteiger partial charge in [-0.15, -0.1) is 0 Å². The van der Waals surface area contributed by atoms with Gasteiger partial charge < -0.3 is 19.9 Å². The number of sulfonamides is 1. The van der Waals surface area contributed by atoms with Crippen molar-refractivity contribution in [2.24, 2.45) is 0 Å². The van der Waals surface area contributed by atoms with Crippen molar-refractivity contribution < 1.29 is 13.5 Å². The third kappa shape index (κ3) is 3.98. The molecule has 0 saturated carbocycles. The van der Waals surface area contributed by atoms with Gasteiger partial charge in [-0.25, -0.2) is 28.1 Å². The SMILES string of the molecule is CN(c1ccc(S(=O)(=O)NC2c3ccccc3CC2O)cn1)[C@@H]1CCN(c2ncnc3[nH]ccc23)C1. The molecule has 1 aliphatic heterocycles. The van der Waals surface area contributed by atoms with Gasteiger partial charge in [0, 0.05) is 45.0 Å². The van der Waals surface area contributed by atoms with Crippen LogP contribution >= 0.6 is 0 Å². The Kier molecular flexibility index (Phi) is 5.62. The molecule has 0 spiro atoms. The van der Waals surface area contributed by atoms with Crippen LogP contribution in [-0.4, -0.2) is 65.7 Å². The molecule has 6 rings (SSSR count). The molecule has 1 aliphatic carbocycles. The number of hydrogen-bond acceptors (Lipinski definition) is 8. The van der Waals surface area contributed by atoms with Crippen molar-refractivity contribution in [1.82, 2.24) is 24.7 Å². The number of pyridine rings is 1. The van der Waals surface area contributed by atoms with Crippen molar-refractivity contribution >= 4 is 32.7 Å². The molecule has 36 heavy (non-hydrogen) atoms. The minimum absolute atomic E-state index is 0.0696. The molecule has 0 bridgehead atoms. The van der Waals surface area contributed by atoms with Crippen molar-refractivity contribution in [2.75, 3.05) is 29.9 Å². The highest BCUT2D eigenvalue weighted by Crippen LogP contribution is 2.33. The predicted octanol–water partition coefficient (Wildman–Crippen LogP) is 2.00. The number of aliphatic hydroxyl groups is 1. The van der Waals surface area contributed by atoms with E-state index < -0.39 is 22.2 Å². The fourth-order valence-corrected chi connectivity index (χ4v) is 6.43. The Morgan fingerprint density at radius 2 is 2.00 bits per heavy atom. The Morgan fingerprint density at radius 3 is 2.83 bits per heavy atom. The van der Waals surface area contributed by atoms with E-state index in [0.29, 0.717) is 12.2 Å². The summed E-state index contributed by atoms with van der Waals surface area (Å²) in [7, 11) is -1.88. The fourth-order valence-electron chi connectivity index (χ4n) is 5.24. The molecule has 4 aromatic rings. The highest BCUT2D eigenvalue weighted by Gasteiger charge is 2.34. The van der Waals surface area contributed by atoms with Gasteiger partial charge in [0.05, 0.1) is 17.5 Å². The number of aromatic amines is 1. The molecule has 3 aromatic heterocycles. The van der Waals surface area contributed by atoms with Crippen molar-refractivity contribution in [3.63, 3.8) is 0 Å². The molecule has 10 nitrogen and oxygen atoms in total. The molecule has 0 amide bonds. The first kappa shape index (κ1) is 22.9. The molecule has 2 aliphatic rings. The zero-order valence-corrected chi connectivity index (χ0v) is 20.6. The van der Waals surface area contributed by atoms with Crippen LogP contribution in [0, 0.1) is 0 Å². The van der Waals surface area contributed by atoms with Crippen LogP contribution in [0.25, 0.3) is 11.0 Å². The lowest BCUT2D eigenvalue weighted by Gasteiger charge is -2.26. The van der Waals surface area contributed by atoms with E-state index in [0.717, 1.165) is 47.5 Å². The summed E-state index contributed by atoms with van der Waals surface area (Å²) in [6.45, 7) is 1.63. The third-order valence-corrected chi connectivity index (χ3v) is 8.65. The maximum Gasteiger partial charge on any atom is 0.242 e. The summed E-state index contributed by atoms with van der Waals surface area (Å²) >= 11 is 0. The number of fused-ring (bicyclic) bond motifs is 2. The summed E-state index contributed by atoms with van der Waals surface area (Å²) in [5.74, 6) is 1.61. The van der Waals surface area contributed by atoms with Gasteiger partial charge in [0.2, 0.25) is 10.0 Å². The van der Waals surface area contributed by atoms with E-state index in [-0.39, 0.29) is 10.9 Å². The molecule has 4 heterocycles. The number of benzene rings is 1. The lowest BCUT2D eigenvalue weighted by atomic mass is 10.1. The lowest BCUT2D eigenvalue weighted by Crippen LogP contribution is -2.35. The minimum atomic E-state index is -3.86. The summed E-state index contributed by atoms with van der Waals surface area (Å²) in [6.07, 6.45) is 5.36. The molecule has 3 N–H and O–H groups in total. The maximum absolute atomic E-state index is 13.1. The number of H-pyrrole nitrogens is 1. The van der Waals surface area contributed by atoms with Gasteiger partial charge in [-0.05, 0) is 35.7 Å². The zero-order chi connectivity index (χ0) is 24.9. The summed E-state index contributed by atoms with van der Waals surface area (Å²) in [4.78, 5) is 20.7. The van der Waals surface area contributed by atoms with Gasteiger partial charge in [-0.1, -0.05) is 24.3 Å². The van der Waals surface area contributed by atoms with E-state index in [9.17, 15) is 13.5 Å². The Bertz CT molecular complexity index is 1510. The maximum atomic E-state index is 13.1. The van der Waals surface area contributed by atoms with E-state index >= 15 is 0 Å². The van der Waals surface area contributed by atoms with Crippen LogP contribution in [0.3, 0.4) is 0 Å². The Morgan fingerprint density at radius 1 is 1.14 bits per heavy atom. The molecular weight excluding hydrogens is 478 g/mol. The molecule has 11 heteroatoms. The molecule has 186 valence electrons. The summed E-state index contributed by atoms with van der Waals surface area (Å²) < 4.78 is 28.8. The smallest absolute Gasteiger partial charge is 0.242 e. The van der Waals surface area contributed by atoms with Crippen LogP contribution in [0.1, 0.15) is 23.6 Å². The summed E-state index contributed by atoms with van der Waals surface area (Å²) in [5, 5.41) is 11.4. The van der Waals surface area contributed by atoms with Crippen LogP contribution in [0.15, 0.2) is 66.1 Å². The molecule has 1 saturated heterocycles. The predicted molar refractivity (Wildman–Crippen MR) is 136 cm³/mol. The van der Waals surface area contributed by atoms with Gasteiger partial charge in [-0.3, -0.25) is 0 Å². The van der Waals surface area contributed by atoms with Crippen molar-refractivity contribution in [2.45, 2.75) is 35.9 Å². The number of nitrogens with one attached hydrogen (secondary N) is 2. The van der Waals surface area contributed by atoms with Gasteiger partial charge in [0.25, 0.3) is 0 Å². The van der Waals surface area contributed by atoms with Gasteiger partial charge in [-0.2, -0.15) is 0 Å². The van der Waals surface area contributed by atoms with Crippen LogP contribution in [0.5, 0.6) is 0 Å². The molecule has 1 aromatic carbocycles. The minimum Gasteiger partial charge on any atom is -0.391 e. The van der Waals surface area contributed by atoms with E-state index in [1.165, 1.54) is 6.20 Å². The average molecular weight is 506 g/mol. The number of anilines is 2. The van der Waals surface area contributed by atoms with Crippen molar-refractivity contribution in [3.8, 4) is 0 Å². The number of rotatable bonds is 6. The third-order valence-electron chi connectivity index (χ3n) is 7.22. The van der Waals surface area contributed by atoms with E-state index in [2.05, 4.69) is 34.5 Å². The van der Waals surface area contributed by atoms with Crippen LogP contribution < -0.4 is 14.5 Å². The van der Waals surface area contributed by atoms with Crippen molar-refractivity contribution in [1.29, 1.82) is 0 Å². The quantitative estimate of drug-likeness (QED) is 0.363. The molecule has 0 radical (unpaired) electrons. The normalized spacial score (nSPS) is 21.7. The van der Waals surface area contributed by atoms with E-state index in [4.69, 9.17) is 0 Å². The highest BCUT2D eigenvalue weighted by molar-refractivity contribution is 7.89. The second kappa shape index (κ2) is 8.84. The van der Waals surface area contributed by atoms with Gasteiger partial charge in [0.15, 0.2) is 0 Å². The first-order chi connectivity index (χ1) is 17.4. The van der Waals surface area contributed by atoms with Crippen LogP contribution in [-0.2, 0) is 16.4 Å². The first-order valence-electron chi connectivity index (χ1n) is 11.9. The monoisotopic (exact) mass is 505 g/mol. The standard InChI is InChI=1S/C25H27N7O3S/c1-31(17-9-11-32(14-17)25-20-8-10-26-24(20)28-15-29-25)22-7-6-18(13-27-22)36(34,35)30-23-19-5-3-2-4-16(19)12-21(23)33/h2-8,10,13,15,17,21,23,30,33H,9,11-12,14H2,1H3,(H,26,28,29)/t17-,21?,23?/m1/s1. The Balaban J connectivity index is 1.15. The number of aromatic nitrogens is 4. The van der Waals surface area contributed by atoms with Crippen LogP contribution in [0.2, 0.25) is 0 Å². The molecule has 2 unspecified atom stereocenters. The Labute approximate surface area is 209 Å². The van der Waals surface area contributed by atoms with E-state index in [1.807, 2.05) is 43.6 Å². The lowest BCUT2D eigenvalue weighted by molar-refractivity contribution is 0.151. The average Bonchev–Trinajstić information content (AvgIpc) is 3.63. The molecular formula is C25H27N7O3S. The topological polar surface area (TPSA) is 127 Å². The molecule has 3 atom stereocenters. The van der Waals surface area contributed by atoms with E-state index in [1.54, 1.807) is 18.5 Å². The largest absolute Gasteiger partial charge is 0.391 e. The fraction of sp³-hybridized carbons (Fsp3) is 0.320. The number of nitrogens with zero attached hydrogens (tertiary/aromatic N) is 5. The Hall–Kier alpha value is -3.54. The summed E-state index contributed by atoms with van der Waals surface area (Å²) in [5.41, 5.74) is 2.58. The summed E-state index contributed by atoms with van der Waals surface area (Å²) in [6, 6.07) is 12.3. The second-order valence-electron chi connectivity index (χ2n) is 9.36. The number of aliphatic hydroxyl groups excluding tert-OH is 1. The number of hydrogen-bond donors (Lipinski definition) is 3. The van der Waals surface area contributed by atoms with Crippen molar-refractivity contribution in [3.05, 3.63) is 72.3 Å². The zero-order valence-electron chi connectivity index (χ0n) is 19.7. The molecule has 1 fully saturated rings. The second-order valence-corrected chi connectivity index (χ2v) is 11.1. The van der Waals surface area contributed by atoms with Gasteiger partial charge in [0.1, 0.15) is 28.5 Å². The highest BCUT2D eigenvalue weighted by atomic mass is 32.2. The van der Waals surface area contributed by atoms with Crippen LogP contribution in [0.4, 0.5) is 11.6 Å². The number of likely N-dealkylation sites (N-methyl/N-ethyl adjacent to an activating group) is 1. The van der Waals surface area contributed by atoms with Gasteiger partial charge >= 0.3 is 0 Å².